The van der Waals surface area contributed by atoms with Gasteiger partial charge in [0.15, 0.2) is 0 Å². The third-order valence-electron chi connectivity index (χ3n) is 5.04. The third-order valence-corrected chi connectivity index (χ3v) is 5.52. The van der Waals surface area contributed by atoms with Gasteiger partial charge in [-0.05, 0) is 59.2 Å². The van der Waals surface area contributed by atoms with Gasteiger partial charge in [0.05, 0.1) is 12.6 Å². The van der Waals surface area contributed by atoms with E-state index in [1.165, 1.54) is 0 Å². The Kier molecular flexibility index (Phi) is 8.05. The fourth-order valence-corrected chi connectivity index (χ4v) is 4.23. The molecule has 1 aliphatic heterocycles. The number of nitrogens with one attached hydrogen (secondary N) is 1. The first-order valence-corrected chi connectivity index (χ1v) is 11.2. The van der Waals surface area contributed by atoms with Gasteiger partial charge in [-0.25, -0.2) is 4.79 Å². The minimum Gasteiger partial charge on any atom is -0.444 e. The zero-order valence-corrected chi connectivity index (χ0v) is 20.2. The number of alkyl halides is 1. The van der Waals surface area contributed by atoms with Crippen molar-refractivity contribution < 1.29 is 14.3 Å². The van der Waals surface area contributed by atoms with Crippen molar-refractivity contribution in [1.29, 1.82) is 0 Å². The molecule has 168 valence electrons. The summed E-state index contributed by atoms with van der Waals surface area (Å²) in [5, 5.41) is 4.18. The molecule has 0 bridgehead atoms. The summed E-state index contributed by atoms with van der Waals surface area (Å²) in [5.41, 5.74) is -0.398. The molecule has 1 N–H and O–H groups in total. The van der Waals surface area contributed by atoms with Crippen LogP contribution in [-0.4, -0.2) is 58.1 Å². The molecule has 1 aliphatic rings. The Morgan fingerprint density at radius 3 is 2.33 bits per heavy atom. The molecular weight excluding hydrogens is 425 g/mol. The molecular formula is C22H33Cl2N3O3. The predicted octanol–water partition coefficient (Wildman–Crippen LogP) is 4.80. The number of hydrogen-bond acceptors (Lipinski definition) is 4. The zero-order chi connectivity index (χ0) is 22.7. The van der Waals surface area contributed by atoms with Gasteiger partial charge in [-0.2, -0.15) is 0 Å². The van der Waals surface area contributed by atoms with Crippen molar-refractivity contribution in [2.75, 3.05) is 19.0 Å². The van der Waals surface area contributed by atoms with E-state index in [1.54, 1.807) is 21.9 Å². The molecule has 2 rings (SSSR count). The maximum Gasteiger partial charge on any atom is 0.410 e. The van der Waals surface area contributed by atoms with E-state index in [0.717, 1.165) is 5.56 Å². The van der Waals surface area contributed by atoms with Gasteiger partial charge in [-0.15, -0.1) is 11.6 Å². The molecule has 8 heteroatoms. The lowest BCUT2D eigenvalue weighted by Gasteiger charge is -2.46. The molecule has 1 saturated heterocycles. The molecule has 6 nitrogen and oxygen atoms in total. The fourth-order valence-electron chi connectivity index (χ4n) is 3.98. The molecule has 2 amide bonds. The van der Waals surface area contributed by atoms with E-state index in [4.69, 9.17) is 27.9 Å². The van der Waals surface area contributed by atoms with E-state index in [0.29, 0.717) is 24.5 Å². The number of likely N-dealkylation sites (tertiary alicyclic amines) is 1. The van der Waals surface area contributed by atoms with Crippen molar-refractivity contribution in [2.24, 2.45) is 0 Å². The molecule has 0 saturated carbocycles. The Morgan fingerprint density at radius 1 is 1.23 bits per heavy atom. The summed E-state index contributed by atoms with van der Waals surface area (Å²) in [6.45, 7) is 12.3. The zero-order valence-electron chi connectivity index (χ0n) is 18.7. The van der Waals surface area contributed by atoms with Crippen LogP contribution in [0.5, 0.6) is 0 Å². The highest BCUT2D eigenvalue weighted by Crippen LogP contribution is 2.35. The highest BCUT2D eigenvalue weighted by molar-refractivity contribution is 6.30. The van der Waals surface area contributed by atoms with Crippen molar-refractivity contribution in [3.8, 4) is 0 Å². The first kappa shape index (κ1) is 24.8. The number of nitrogens with zero attached hydrogens (tertiary/aromatic N) is 2. The van der Waals surface area contributed by atoms with Crippen LogP contribution < -0.4 is 5.32 Å². The number of halogens is 2. The van der Waals surface area contributed by atoms with Gasteiger partial charge >= 0.3 is 6.09 Å². The van der Waals surface area contributed by atoms with Gasteiger partial charge < -0.3 is 14.5 Å². The van der Waals surface area contributed by atoms with Gasteiger partial charge in [0.25, 0.3) is 0 Å². The van der Waals surface area contributed by atoms with Crippen LogP contribution >= 0.6 is 23.2 Å². The van der Waals surface area contributed by atoms with Crippen molar-refractivity contribution in [1.82, 2.24) is 15.1 Å². The molecule has 30 heavy (non-hydrogen) atoms. The minimum absolute atomic E-state index is 0.0895. The summed E-state index contributed by atoms with van der Waals surface area (Å²) in [7, 11) is 0. The van der Waals surface area contributed by atoms with Crippen LogP contribution in [-0.2, 0) is 9.53 Å². The van der Waals surface area contributed by atoms with Crippen LogP contribution in [0.2, 0.25) is 5.02 Å². The van der Waals surface area contributed by atoms with Gasteiger partial charge in [-0.1, -0.05) is 23.7 Å². The highest BCUT2D eigenvalue weighted by atomic mass is 35.5. The Bertz CT molecular complexity index is 749. The van der Waals surface area contributed by atoms with E-state index in [1.807, 2.05) is 53.7 Å². The second-order valence-corrected chi connectivity index (χ2v) is 9.81. The molecule has 1 aromatic carbocycles. The Balaban J connectivity index is 2.40. The maximum atomic E-state index is 13.1. The SMILES string of the molecule is CC(C)NC1(N(C(=O)CCl)[C@@H](C)c2ccc(Cl)cc2)CCN(C(=O)OC(C)(C)C)C1. The first-order valence-electron chi connectivity index (χ1n) is 10.3. The predicted molar refractivity (Wildman–Crippen MR) is 121 cm³/mol. The number of carbonyl (C=O) groups is 2. The number of rotatable bonds is 6. The van der Waals surface area contributed by atoms with Crippen molar-refractivity contribution in [3.63, 3.8) is 0 Å². The van der Waals surface area contributed by atoms with Gasteiger partial charge in [0.2, 0.25) is 5.91 Å². The van der Waals surface area contributed by atoms with E-state index < -0.39 is 11.3 Å². The number of ether oxygens (including phenoxy) is 1. The first-order chi connectivity index (χ1) is 13.9. The Morgan fingerprint density at radius 2 is 1.83 bits per heavy atom. The maximum absolute atomic E-state index is 13.1. The number of benzene rings is 1. The fraction of sp³-hybridized carbons (Fsp3) is 0.636. The molecule has 0 spiro atoms. The smallest absolute Gasteiger partial charge is 0.410 e. The van der Waals surface area contributed by atoms with Gasteiger partial charge in [-0.3, -0.25) is 10.1 Å². The highest BCUT2D eigenvalue weighted by Gasteiger charge is 2.49. The van der Waals surface area contributed by atoms with Gasteiger partial charge in [0, 0.05) is 24.0 Å². The van der Waals surface area contributed by atoms with Crippen LogP contribution in [0.15, 0.2) is 24.3 Å². The minimum atomic E-state index is -0.754. The average molecular weight is 458 g/mol. The van der Waals surface area contributed by atoms with E-state index in [-0.39, 0.29) is 30.0 Å². The number of hydrogen-bond donors (Lipinski definition) is 1. The topological polar surface area (TPSA) is 61.9 Å². The van der Waals surface area contributed by atoms with Crippen molar-refractivity contribution >= 4 is 35.2 Å². The monoisotopic (exact) mass is 457 g/mol. The Hall–Kier alpha value is -1.50. The van der Waals surface area contributed by atoms with E-state index in [2.05, 4.69) is 5.32 Å². The molecule has 0 aliphatic carbocycles. The summed E-state index contributed by atoms with van der Waals surface area (Å²) in [5.74, 6) is -0.343. The van der Waals surface area contributed by atoms with E-state index in [9.17, 15) is 9.59 Å². The summed E-state index contributed by atoms with van der Waals surface area (Å²) < 4.78 is 5.56. The molecule has 1 fully saturated rings. The lowest BCUT2D eigenvalue weighted by Crippen LogP contribution is -2.65. The largest absolute Gasteiger partial charge is 0.444 e. The van der Waals surface area contributed by atoms with Crippen molar-refractivity contribution in [3.05, 3.63) is 34.9 Å². The van der Waals surface area contributed by atoms with Crippen LogP contribution in [0, 0.1) is 0 Å². The van der Waals surface area contributed by atoms with Crippen LogP contribution in [0.1, 0.15) is 59.6 Å². The lowest BCUT2D eigenvalue weighted by molar-refractivity contribution is -0.140. The van der Waals surface area contributed by atoms with E-state index >= 15 is 0 Å². The molecule has 0 radical (unpaired) electrons. The standard InChI is InChI=1S/C22H33Cl2N3O3/c1-15(2)25-22(11-12-26(14-22)20(29)30-21(4,5)6)27(19(28)13-23)16(3)17-7-9-18(24)10-8-17/h7-10,15-16,25H,11-14H2,1-6H3/t16-,22?/m0/s1. The Labute approximate surface area is 189 Å². The molecule has 1 aromatic rings. The molecule has 2 atom stereocenters. The van der Waals surface area contributed by atoms with Crippen LogP contribution in [0.3, 0.4) is 0 Å². The number of amides is 2. The normalized spacial score (nSPS) is 20.4. The van der Waals surface area contributed by atoms with Crippen molar-refractivity contribution in [2.45, 2.75) is 71.3 Å². The summed E-state index contributed by atoms with van der Waals surface area (Å²) in [4.78, 5) is 29.2. The molecule has 1 heterocycles. The number of carbonyl (C=O) groups excluding carboxylic acids is 2. The molecule has 1 unspecified atom stereocenters. The summed E-state index contributed by atoms with van der Waals surface area (Å²) in [6.07, 6.45) is 0.192. The lowest BCUT2D eigenvalue weighted by atomic mass is 9.98. The quantitative estimate of drug-likeness (QED) is 0.491. The second kappa shape index (κ2) is 9.75. The molecule has 0 aromatic heterocycles. The van der Waals surface area contributed by atoms with Crippen LogP contribution in [0.25, 0.3) is 0 Å². The average Bonchev–Trinajstić information content (AvgIpc) is 3.04. The van der Waals surface area contributed by atoms with Crippen LogP contribution in [0.4, 0.5) is 4.79 Å². The third kappa shape index (κ3) is 6.02. The second-order valence-electron chi connectivity index (χ2n) is 9.11. The summed E-state index contributed by atoms with van der Waals surface area (Å²) >= 11 is 12.1. The van der Waals surface area contributed by atoms with Gasteiger partial charge in [0.1, 0.15) is 17.1 Å². The summed E-state index contributed by atoms with van der Waals surface area (Å²) in [6, 6.07) is 7.25.